The predicted molar refractivity (Wildman–Crippen MR) is 56.6 cm³/mol. The normalized spacial score (nSPS) is 17.7. The average Bonchev–Trinajstić information content (AvgIpc) is 2.61. The Bertz CT molecular complexity index is 266. The molecular formula is C9H17N3O4. The molecule has 1 aliphatic rings. The van der Waals surface area contributed by atoms with Crippen molar-refractivity contribution in [2.24, 2.45) is 11.7 Å². The van der Waals surface area contributed by atoms with Gasteiger partial charge in [-0.3, -0.25) is 14.9 Å². The minimum absolute atomic E-state index is 0.0718. The van der Waals surface area contributed by atoms with Gasteiger partial charge in [-0.05, 0) is 5.92 Å². The molecule has 1 aliphatic heterocycles. The molecule has 0 aliphatic carbocycles. The molecule has 92 valence electrons. The smallest absolute Gasteiger partial charge is 0.321 e. The Hall–Kier alpha value is -1.63. The molecule has 0 bridgehead atoms. The zero-order valence-corrected chi connectivity index (χ0v) is 9.32. The molecule has 16 heavy (non-hydrogen) atoms. The quantitative estimate of drug-likeness (QED) is 0.477. The molecule has 0 aromatic rings. The van der Waals surface area contributed by atoms with Crippen molar-refractivity contribution in [3.8, 4) is 0 Å². The lowest BCUT2D eigenvalue weighted by atomic mass is 10.0. The Balaban J connectivity index is 0.000000288. The molecule has 2 atom stereocenters. The molecule has 1 rings (SSSR count). The molecule has 5 N–H and O–H groups in total. The number of nitrogens with one attached hydrogen (secondary N) is 2. The minimum atomic E-state index is -0.913. The summed E-state index contributed by atoms with van der Waals surface area (Å²) in [6.45, 7) is 3.88. The summed E-state index contributed by atoms with van der Waals surface area (Å²) in [5.74, 6) is -1.10. The van der Waals surface area contributed by atoms with Crippen LogP contribution >= 0.6 is 0 Å². The number of rotatable bonds is 3. The first-order valence-electron chi connectivity index (χ1n) is 4.94. The maximum atomic E-state index is 10.2. The number of hydrogen-bond acceptors (Lipinski definition) is 4. The first-order chi connectivity index (χ1) is 7.38. The van der Waals surface area contributed by atoms with Crippen LogP contribution < -0.4 is 16.4 Å². The highest BCUT2D eigenvalue weighted by atomic mass is 16.4. The van der Waals surface area contributed by atoms with E-state index in [9.17, 15) is 14.4 Å². The van der Waals surface area contributed by atoms with E-state index >= 15 is 0 Å². The van der Waals surface area contributed by atoms with Gasteiger partial charge >= 0.3 is 12.0 Å². The molecular weight excluding hydrogens is 214 g/mol. The molecule has 1 saturated heterocycles. The van der Waals surface area contributed by atoms with E-state index < -0.39 is 18.0 Å². The summed E-state index contributed by atoms with van der Waals surface area (Å²) in [6, 6.07) is -1.10. The van der Waals surface area contributed by atoms with E-state index in [1.807, 2.05) is 19.2 Å². The topological polar surface area (TPSA) is 122 Å². The van der Waals surface area contributed by atoms with Crippen molar-refractivity contribution in [2.45, 2.75) is 26.3 Å². The number of hydrogen-bond donors (Lipinski definition) is 4. The second kappa shape index (κ2) is 6.78. The minimum Gasteiger partial charge on any atom is -0.480 e. The van der Waals surface area contributed by atoms with Gasteiger partial charge < -0.3 is 16.2 Å². The lowest BCUT2D eigenvalue weighted by Crippen LogP contribution is -2.36. The van der Waals surface area contributed by atoms with Crippen molar-refractivity contribution in [1.29, 1.82) is 0 Å². The van der Waals surface area contributed by atoms with E-state index in [1.165, 1.54) is 0 Å². The van der Waals surface area contributed by atoms with Crippen molar-refractivity contribution in [2.75, 3.05) is 6.54 Å². The fourth-order valence-corrected chi connectivity index (χ4v) is 0.873. The molecule has 1 unspecified atom stereocenters. The number of nitrogens with two attached hydrogens (primary N) is 1. The summed E-state index contributed by atoms with van der Waals surface area (Å²) in [5, 5.41) is 12.7. The Morgan fingerprint density at radius 2 is 2.12 bits per heavy atom. The largest absolute Gasteiger partial charge is 0.480 e. The molecule has 0 aromatic heterocycles. The highest BCUT2D eigenvalue weighted by Crippen LogP contribution is 2.04. The Morgan fingerprint density at radius 1 is 1.56 bits per heavy atom. The van der Waals surface area contributed by atoms with Crippen LogP contribution in [0.25, 0.3) is 0 Å². The molecule has 7 nitrogen and oxygen atoms in total. The van der Waals surface area contributed by atoms with E-state index in [4.69, 9.17) is 10.8 Å². The number of carbonyl (C=O) groups is 3. The number of imide groups is 1. The van der Waals surface area contributed by atoms with Crippen LogP contribution in [0.5, 0.6) is 0 Å². The molecule has 7 heteroatoms. The Morgan fingerprint density at radius 3 is 2.25 bits per heavy atom. The van der Waals surface area contributed by atoms with Crippen LogP contribution in [0, 0.1) is 5.92 Å². The summed E-state index contributed by atoms with van der Waals surface area (Å²) < 4.78 is 0. The van der Waals surface area contributed by atoms with Crippen molar-refractivity contribution >= 4 is 17.9 Å². The van der Waals surface area contributed by atoms with Gasteiger partial charge in [-0.25, -0.2) is 4.79 Å². The van der Waals surface area contributed by atoms with Crippen LogP contribution in [0.1, 0.15) is 20.3 Å². The van der Waals surface area contributed by atoms with Gasteiger partial charge in [0.25, 0.3) is 0 Å². The molecule has 0 saturated carbocycles. The maximum Gasteiger partial charge on any atom is 0.321 e. The monoisotopic (exact) mass is 231 g/mol. The predicted octanol–water partition coefficient (Wildman–Crippen LogP) is -0.730. The molecule has 3 amide bonds. The molecule has 0 radical (unpaired) electrons. The second-order valence-corrected chi connectivity index (χ2v) is 3.48. The van der Waals surface area contributed by atoms with Gasteiger partial charge in [0.2, 0.25) is 5.91 Å². The fourth-order valence-electron chi connectivity index (χ4n) is 0.873. The van der Waals surface area contributed by atoms with Crippen molar-refractivity contribution in [3.63, 3.8) is 0 Å². The zero-order valence-electron chi connectivity index (χ0n) is 9.32. The Labute approximate surface area is 93.4 Å². The van der Waals surface area contributed by atoms with Gasteiger partial charge in [-0.1, -0.05) is 20.3 Å². The Kier molecular flexibility index (Phi) is 6.09. The number of amides is 3. The maximum absolute atomic E-state index is 10.2. The van der Waals surface area contributed by atoms with Crippen molar-refractivity contribution in [3.05, 3.63) is 0 Å². The van der Waals surface area contributed by atoms with Crippen LogP contribution in [-0.2, 0) is 9.59 Å². The highest BCUT2D eigenvalue weighted by Gasteiger charge is 2.17. The summed E-state index contributed by atoms with van der Waals surface area (Å²) >= 11 is 0. The van der Waals surface area contributed by atoms with Crippen LogP contribution in [0.3, 0.4) is 0 Å². The molecule has 0 aromatic carbocycles. The summed E-state index contributed by atoms with van der Waals surface area (Å²) in [5.41, 5.74) is 5.27. The van der Waals surface area contributed by atoms with Gasteiger partial charge in [-0.2, -0.15) is 0 Å². The lowest BCUT2D eigenvalue weighted by molar-refractivity contribution is -0.139. The van der Waals surface area contributed by atoms with Crippen molar-refractivity contribution in [1.82, 2.24) is 10.6 Å². The lowest BCUT2D eigenvalue weighted by Gasteiger charge is -2.11. The zero-order chi connectivity index (χ0) is 12.7. The van der Waals surface area contributed by atoms with E-state index in [1.54, 1.807) is 0 Å². The van der Waals surface area contributed by atoms with E-state index in [0.29, 0.717) is 0 Å². The third-order valence-corrected chi connectivity index (χ3v) is 2.20. The number of aliphatic carboxylic acids is 1. The fraction of sp³-hybridized carbons (Fsp3) is 0.667. The van der Waals surface area contributed by atoms with Crippen LogP contribution in [0.15, 0.2) is 0 Å². The van der Waals surface area contributed by atoms with Gasteiger partial charge in [0.15, 0.2) is 0 Å². The van der Waals surface area contributed by atoms with Gasteiger partial charge in [0.1, 0.15) is 6.04 Å². The van der Waals surface area contributed by atoms with Crippen LogP contribution in [0.2, 0.25) is 0 Å². The van der Waals surface area contributed by atoms with Crippen LogP contribution in [-0.4, -0.2) is 35.6 Å². The average molecular weight is 231 g/mol. The first-order valence-corrected chi connectivity index (χ1v) is 4.94. The molecule has 1 fully saturated rings. The summed E-state index contributed by atoms with van der Waals surface area (Å²) in [4.78, 5) is 30.2. The summed E-state index contributed by atoms with van der Waals surface area (Å²) in [7, 11) is 0. The van der Waals surface area contributed by atoms with Crippen molar-refractivity contribution < 1.29 is 19.5 Å². The third-order valence-electron chi connectivity index (χ3n) is 2.20. The summed E-state index contributed by atoms with van der Waals surface area (Å²) in [6.07, 6.45) is 0.813. The third kappa shape index (κ3) is 5.30. The molecule has 1 heterocycles. The number of carboxylic acids is 1. The van der Waals surface area contributed by atoms with E-state index in [0.717, 1.165) is 6.42 Å². The van der Waals surface area contributed by atoms with Crippen LogP contribution in [0.4, 0.5) is 4.79 Å². The first kappa shape index (κ1) is 14.4. The van der Waals surface area contributed by atoms with Gasteiger partial charge in [0.05, 0.1) is 6.54 Å². The second-order valence-electron chi connectivity index (χ2n) is 3.48. The highest BCUT2D eigenvalue weighted by molar-refractivity contribution is 6.01. The number of carboxylic acid groups (broad SMARTS) is 1. The van der Waals surface area contributed by atoms with E-state index in [-0.39, 0.29) is 18.4 Å². The SMILES string of the molecule is CCC(C)[C@@H](N)C(=O)O.O=C1CNC(=O)N1. The van der Waals surface area contributed by atoms with E-state index in [2.05, 4.69) is 5.32 Å². The standard InChI is InChI=1S/C6H13NO2.C3H4N2O2/c1-3-4(2)5(7)6(8)9;6-2-1-4-3(7)5-2/h4-5H,3,7H2,1-2H3,(H,8,9);1H2,(H2,4,5,6,7)/t4?,5-;/m1./s1. The van der Waals surface area contributed by atoms with Gasteiger partial charge in [0, 0.05) is 0 Å². The molecule has 0 spiro atoms. The number of urea groups is 1. The van der Waals surface area contributed by atoms with Gasteiger partial charge in [-0.15, -0.1) is 0 Å². The number of carbonyl (C=O) groups excluding carboxylic acids is 2.